The fraction of sp³-hybridized carbons (Fsp3) is 0.250. The molecule has 0 bridgehead atoms. The molecule has 0 aliphatic heterocycles. The monoisotopic (exact) mass is 563 g/mol. The van der Waals surface area contributed by atoms with Crippen molar-refractivity contribution in [3.8, 4) is 51.3 Å². The quantitative estimate of drug-likeness (QED) is 0.224. The number of rotatable bonds is 10. The molecule has 0 amide bonds. The Kier molecular flexibility index (Phi) is 7.83. The third kappa shape index (κ3) is 5.15. The first-order chi connectivity index (χ1) is 19.4. The van der Waals surface area contributed by atoms with Crippen LogP contribution in [-0.4, -0.2) is 44.7 Å². The van der Waals surface area contributed by atoms with E-state index < -0.39 is 5.56 Å². The van der Waals surface area contributed by atoms with Crippen LogP contribution in [0.2, 0.25) is 5.02 Å². The van der Waals surface area contributed by atoms with Gasteiger partial charge in [0.25, 0.3) is 11.4 Å². The van der Waals surface area contributed by atoms with E-state index in [0.717, 1.165) is 12.8 Å². The lowest BCUT2D eigenvalue weighted by atomic mass is 9.96. The zero-order valence-corrected chi connectivity index (χ0v) is 22.8. The summed E-state index contributed by atoms with van der Waals surface area (Å²) in [7, 11) is 3.04. The van der Waals surface area contributed by atoms with Gasteiger partial charge >= 0.3 is 0 Å². The van der Waals surface area contributed by atoms with E-state index in [-0.39, 0.29) is 41.3 Å². The predicted octanol–water partition coefficient (Wildman–Crippen LogP) is 5.45. The van der Waals surface area contributed by atoms with E-state index in [1.807, 2.05) is 13.0 Å². The van der Waals surface area contributed by atoms with Crippen LogP contribution in [-0.2, 0) is 12.8 Å². The smallest absolute Gasteiger partial charge is 0.264 e. The lowest BCUT2D eigenvalue weighted by molar-refractivity contribution is 0.396. The van der Waals surface area contributed by atoms with E-state index >= 15 is 0 Å². The molecule has 0 fully saturated rings. The standard InChI is InChI=1S/C28H26ClN5O6/c1-4-5-11-17-22(23-18(37-2)12-8-13-19(23)38-3)25(35)24(26(36)30-17)28-34-32-21(40-28)14-20-31-33-27(39-20)15-9-6-7-10-16(15)29/h6-10,12-13H,4-5,11,14H2,1-3H3,(H2,30,35,36). The van der Waals surface area contributed by atoms with Crippen LogP contribution in [0.5, 0.6) is 17.2 Å². The largest absolute Gasteiger partial charge is 0.506 e. The number of unbranched alkanes of at least 4 members (excludes halogenated alkanes) is 1. The molecule has 12 heteroatoms. The van der Waals surface area contributed by atoms with Crippen molar-refractivity contribution in [1.29, 1.82) is 0 Å². The van der Waals surface area contributed by atoms with Crippen molar-refractivity contribution >= 4 is 11.6 Å². The lowest BCUT2D eigenvalue weighted by Crippen LogP contribution is -2.14. The van der Waals surface area contributed by atoms with Crippen molar-refractivity contribution < 1.29 is 23.4 Å². The number of nitrogens with one attached hydrogen (secondary N) is 1. The van der Waals surface area contributed by atoms with Crippen LogP contribution in [0, 0.1) is 0 Å². The predicted molar refractivity (Wildman–Crippen MR) is 147 cm³/mol. The highest BCUT2D eigenvalue weighted by Crippen LogP contribution is 2.46. The molecule has 2 aromatic carbocycles. The van der Waals surface area contributed by atoms with Gasteiger partial charge in [-0.15, -0.1) is 20.4 Å². The van der Waals surface area contributed by atoms with Crippen LogP contribution in [0.4, 0.5) is 0 Å². The Balaban J connectivity index is 1.55. The summed E-state index contributed by atoms with van der Waals surface area (Å²) in [4.78, 5) is 16.1. The molecule has 3 aromatic heterocycles. The topological polar surface area (TPSA) is 149 Å². The number of nitrogens with zero attached hydrogens (tertiary/aromatic N) is 4. The van der Waals surface area contributed by atoms with Crippen molar-refractivity contribution in [2.75, 3.05) is 14.2 Å². The highest BCUT2D eigenvalue weighted by Gasteiger charge is 2.27. The number of aryl methyl sites for hydroxylation is 1. The Labute approximate surface area is 233 Å². The number of hydrogen-bond acceptors (Lipinski definition) is 10. The number of aromatic hydroxyl groups is 1. The molecule has 0 saturated carbocycles. The molecule has 0 unspecified atom stereocenters. The molecule has 40 heavy (non-hydrogen) atoms. The Hall–Kier alpha value is -4.64. The number of H-pyrrole nitrogens is 1. The van der Waals surface area contributed by atoms with Gasteiger partial charge in [-0.1, -0.05) is 43.1 Å². The number of halogens is 1. The second-order valence-corrected chi connectivity index (χ2v) is 9.24. The fourth-order valence-electron chi connectivity index (χ4n) is 4.37. The van der Waals surface area contributed by atoms with E-state index in [9.17, 15) is 9.90 Å². The van der Waals surface area contributed by atoms with E-state index in [4.69, 9.17) is 29.9 Å². The van der Waals surface area contributed by atoms with Gasteiger partial charge in [0.2, 0.25) is 17.7 Å². The van der Waals surface area contributed by atoms with Crippen LogP contribution in [0.1, 0.15) is 37.2 Å². The number of methoxy groups -OCH3 is 2. The molecule has 2 N–H and O–H groups in total. The van der Waals surface area contributed by atoms with Crippen molar-refractivity contribution in [2.24, 2.45) is 0 Å². The highest BCUT2D eigenvalue weighted by atomic mass is 35.5. The molecule has 3 heterocycles. The van der Waals surface area contributed by atoms with Gasteiger partial charge < -0.3 is 28.4 Å². The Morgan fingerprint density at radius 2 is 1.52 bits per heavy atom. The van der Waals surface area contributed by atoms with E-state index in [1.54, 1.807) is 36.4 Å². The third-order valence-electron chi connectivity index (χ3n) is 6.28. The van der Waals surface area contributed by atoms with Crippen molar-refractivity contribution in [2.45, 2.75) is 32.6 Å². The van der Waals surface area contributed by atoms with Gasteiger partial charge in [0.15, 0.2) is 0 Å². The number of aromatic nitrogens is 5. The van der Waals surface area contributed by atoms with Crippen LogP contribution in [0.15, 0.2) is 56.1 Å². The van der Waals surface area contributed by atoms with Gasteiger partial charge in [0, 0.05) is 5.69 Å². The van der Waals surface area contributed by atoms with Gasteiger partial charge in [-0.05, 0) is 37.1 Å². The zero-order valence-electron chi connectivity index (χ0n) is 22.0. The number of hydrogen-bond donors (Lipinski definition) is 2. The van der Waals surface area contributed by atoms with Crippen molar-refractivity contribution in [1.82, 2.24) is 25.4 Å². The second kappa shape index (κ2) is 11.6. The number of ether oxygens (including phenoxy) is 2. The molecule has 0 saturated heterocycles. The molecule has 0 aliphatic rings. The molecule has 0 spiro atoms. The second-order valence-electron chi connectivity index (χ2n) is 8.83. The Morgan fingerprint density at radius 3 is 2.17 bits per heavy atom. The maximum atomic E-state index is 13.2. The molecule has 5 aromatic rings. The normalized spacial score (nSPS) is 11.1. The first kappa shape index (κ1) is 26.9. The minimum absolute atomic E-state index is 0.00485. The average Bonchev–Trinajstić information content (AvgIpc) is 3.62. The van der Waals surface area contributed by atoms with E-state index in [0.29, 0.717) is 45.3 Å². The zero-order chi connectivity index (χ0) is 28.2. The molecular formula is C28H26ClN5O6. The van der Waals surface area contributed by atoms with E-state index in [1.165, 1.54) is 14.2 Å². The van der Waals surface area contributed by atoms with Crippen LogP contribution in [0.3, 0.4) is 0 Å². The minimum atomic E-state index is -0.574. The fourth-order valence-corrected chi connectivity index (χ4v) is 4.58. The average molecular weight is 564 g/mol. The van der Waals surface area contributed by atoms with Gasteiger partial charge in [-0.3, -0.25) is 4.79 Å². The summed E-state index contributed by atoms with van der Waals surface area (Å²) in [6.07, 6.45) is 2.18. The van der Waals surface area contributed by atoms with Gasteiger partial charge in [-0.2, -0.15) is 0 Å². The van der Waals surface area contributed by atoms with Crippen LogP contribution in [0.25, 0.3) is 34.0 Å². The van der Waals surface area contributed by atoms with Gasteiger partial charge in [0.05, 0.1) is 35.9 Å². The first-order valence-electron chi connectivity index (χ1n) is 12.5. The lowest BCUT2D eigenvalue weighted by Gasteiger charge is -2.18. The van der Waals surface area contributed by atoms with Crippen LogP contribution >= 0.6 is 11.6 Å². The van der Waals surface area contributed by atoms with Gasteiger partial charge in [-0.25, -0.2) is 0 Å². The van der Waals surface area contributed by atoms with Gasteiger partial charge in [0.1, 0.15) is 29.2 Å². The minimum Gasteiger partial charge on any atom is -0.506 e. The first-order valence-corrected chi connectivity index (χ1v) is 12.9. The Morgan fingerprint density at radius 1 is 0.875 bits per heavy atom. The molecule has 206 valence electrons. The van der Waals surface area contributed by atoms with E-state index in [2.05, 4.69) is 25.4 Å². The Bertz CT molecular complexity index is 1690. The molecular weight excluding hydrogens is 538 g/mol. The third-order valence-corrected chi connectivity index (χ3v) is 6.61. The van der Waals surface area contributed by atoms with Crippen molar-refractivity contribution in [3.05, 3.63) is 75.3 Å². The van der Waals surface area contributed by atoms with Crippen molar-refractivity contribution in [3.63, 3.8) is 0 Å². The summed E-state index contributed by atoms with van der Waals surface area (Å²) in [6.45, 7) is 2.04. The SMILES string of the molecule is CCCCc1[nH]c(=O)c(-c2nnc(Cc3nnc(-c4ccccc4Cl)o3)o2)c(O)c1-c1c(OC)cccc1OC. The maximum absolute atomic E-state index is 13.2. The maximum Gasteiger partial charge on any atom is 0.264 e. The molecule has 0 aliphatic carbocycles. The number of benzene rings is 2. The number of aromatic amines is 1. The number of pyridine rings is 1. The summed E-state index contributed by atoms with van der Waals surface area (Å²) in [5.74, 6) is 0.979. The molecule has 5 rings (SSSR count). The molecule has 11 nitrogen and oxygen atoms in total. The summed E-state index contributed by atoms with van der Waals surface area (Å²) in [5.41, 5.74) is 1.23. The summed E-state index contributed by atoms with van der Waals surface area (Å²) in [6, 6.07) is 12.4. The summed E-state index contributed by atoms with van der Waals surface area (Å²) in [5, 5.41) is 28.1. The molecule has 0 radical (unpaired) electrons. The van der Waals surface area contributed by atoms with Crippen LogP contribution < -0.4 is 15.0 Å². The summed E-state index contributed by atoms with van der Waals surface area (Å²) >= 11 is 6.22. The highest BCUT2D eigenvalue weighted by molar-refractivity contribution is 6.33. The summed E-state index contributed by atoms with van der Waals surface area (Å²) < 4.78 is 22.7. The molecule has 0 atom stereocenters.